The standard InChI is InChI=1S/C13H12N2O6/c1-7-4-12(15-21-7)20-6-11(17)14-9-5-8(13(18)19)2-3-10(9)16/h2-5,16H,6H2,1H3,(H,14,17)(H,18,19). The number of hydrogen-bond acceptors (Lipinski definition) is 6. The SMILES string of the molecule is Cc1cc(OCC(=O)Nc2cc(C(=O)O)ccc2O)no1. The molecule has 0 aliphatic carbocycles. The van der Waals surface area contributed by atoms with Crippen molar-refractivity contribution in [2.75, 3.05) is 11.9 Å². The molecule has 1 aromatic heterocycles. The number of rotatable bonds is 5. The third-order valence-corrected chi connectivity index (χ3v) is 2.48. The van der Waals surface area contributed by atoms with Crippen molar-refractivity contribution in [1.29, 1.82) is 0 Å². The summed E-state index contributed by atoms with van der Waals surface area (Å²) >= 11 is 0. The number of amides is 1. The summed E-state index contributed by atoms with van der Waals surface area (Å²) in [5, 5.41) is 24.3. The first-order valence-electron chi connectivity index (χ1n) is 5.88. The van der Waals surface area contributed by atoms with Gasteiger partial charge in [0, 0.05) is 6.07 Å². The normalized spacial score (nSPS) is 10.1. The molecule has 0 saturated heterocycles. The molecule has 8 heteroatoms. The molecule has 8 nitrogen and oxygen atoms in total. The summed E-state index contributed by atoms with van der Waals surface area (Å²) in [4.78, 5) is 22.5. The molecule has 0 saturated carbocycles. The van der Waals surface area contributed by atoms with Crippen LogP contribution in [0.1, 0.15) is 16.1 Å². The number of anilines is 1. The van der Waals surface area contributed by atoms with Gasteiger partial charge in [-0.1, -0.05) is 0 Å². The fraction of sp³-hybridized carbons (Fsp3) is 0.154. The smallest absolute Gasteiger partial charge is 0.335 e. The number of aryl methyl sites for hydroxylation is 1. The van der Waals surface area contributed by atoms with Crippen LogP contribution in [0.15, 0.2) is 28.8 Å². The van der Waals surface area contributed by atoms with E-state index in [1.807, 2.05) is 0 Å². The van der Waals surface area contributed by atoms with Crippen LogP contribution < -0.4 is 10.1 Å². The molecule has 21 heavy (non-hydrogen) atoms. The molecular formula is C13H12N2O6. The Morgan fingerprint density at radius 2 is 2.14 bits per heavy atom. The number of carboxylic acids is 1. The quantitative estimate of drug-likeness (QED) is 0.712. The van der Waals surface area contributed by atoms with Crippen molar-refractivity contribution in [3.8, 4) is 11.6 Å². The van der Waals surface area contributed by atoms with E-state index in [0.717, 1.165) is 6.07 Å². The maximum Gasteiger partial charge on any atom is 0.335 e. The van der Waals surface area contributed by atoms with Crippen molar-refractivity contribution in [2.24, 2.45) is 0 Å². The monoisotopic (exact) mass is 292 g/mol. The van der Waals surface area contributed by atoms with E-state index in [0.29, 0.717) is 5.76 Å². The molecule has 0 radical (unpaired) electrons. The Hall–Kier alpha value is -3.03. The molecule has 110 valence electrons. The average Bonchev–Trinajstić information content (AvgIpc) is 2.84. The van der Waals surface area contributed by atoms with Crippen molar-refractivity contribution in [2.45, 2.75) is 6.92 Å². The van der Waals surface area contributed by atoms with Gasteiger partial charge in [0.25, 0.3) is 11.8 Å². The fourth-order valence-corrected chi connectivity index (χ4v) is 1.51. The van der Waals surface area contributed by atoms with Gasteiger partial charge in [0.15, 0.2) is 6.61 Å². The van der Waals surface area contributed by atoms with Crippen molar-refractivity contribution < 1.29 is 29.1 Å². The Kier molecular flexibility index (Phi) is 4.07. The lowest BCUT2D eigenvalue weighted by Crippen LogP contribution is -2.20. The minimum Gasteiger partial charge on any atom is -0.506 e. The van der Waals surface area contributed by atoms with Gasteiger partial charge in [0.05, 0.1) is 11.3 Å². The summed E-state index contributed by atoms with van der Waals surface area (Å²) in [6.45, 7) is 1.32. The first kappa shape index (κ1) is 14.4. The van der Waals surface area contributed by atoms with Gasteiger partial charge in [-0.25, -0.2) is 4.79 Å². The number of carbonyl (C=O) groups is 2. The minimum absolute atomic E-state index is 0.0140. The number of aromatic nitrogens is 1. The largest absolute Gasteiger partial charge is 0.506 e. The van der Waals surface area contributed by atoms with E-state index >= 15 is 0 Å². The van der Waals surface area contributed by atoms with Crippen LogP contribution in [0.4, 0.5) is 5.69 Å². The molecule has 0 aliphatic rings. The zero-order valence-electron chi connectivity index (χ0n) is 11.0. The van der Waals surface area contributed by atoms with Crippen LogP contribution in [-0.2, 0) is 4.79 Å². The lowest BCUT2D eigenvalue weighted by Gasteiger charge is -2.08. The second-order valence-corrected chi connectivity index (χ2v) is 4.15. The number of nitrogens with zero attached hydrogens (tertiary/aromatic N) is 1. The van der Waals surface area contributed by atoms with Gasteiger partial charge in [-0.2, -0.15) is 0 Å². The van der Waals surface area contributed by atoms with E-state index in [1.165, 1.54) is 18.2 Å². The Balaban J connectivity index is 1.99. The highest BCUT2D eigenvalue weighted by Crippen LogP contribution is 2.24. The first-order valence-corrected chi connectivity index (χ1v) is 5.88. The molecule has 0 fully saturated rings. The van der Waals surface area contributed by atoms with Crippen molar-refractivity contribution in [3.63, 3.8) is 0 Å². The van der Waals surface area contributed by atoms with E-state index in [9.17, 15) is 14.7 Å². The van der Waals surface area contributed by atoms with Crippen molar-refractivity contribution in [3.05, 3.63) is 35.6 Å². The van der Waals surface area contributed by atoms with Crippen LogP contribution in [0.5, 0.6) is 11.6 Å². The number of hydrogen-bond donors (Lipinski definition) is 3. The van der Waals surface area contributed by atoms with Gasteiger partial charge in [0.1, 0.15) is 11.5 Å². The summed E-state index contributed by atoms with van der Waals surface area (Å²) in [7, 11) is 0. The number of carboxylic acid groups (broad SMARTS) is 1. The van der Waals surface area contributed by atoms with Gasteiger partial charge in [-0.05, 0) is 30.3 Å². The molecule has 1 amide bonds. The Morgan fingerprint density at radius 1 is 1.38 bits per heavy atom. The Bertz CT molecular complexity index is 679. The molecule has 2 aromatic rings. The number of aromatic hydroxyl groups is 1. The zero-order valence-corrected chi connectivity index (χ0v) is 11.0. The lowest BCUT2D eigenvalue weighted by atomic mass is 10.2. The number of phenols is 1. The highest BCUT2D eigenvalue weighted by atomic mass is 16.5. The topological polar surface area (TPSA) is 122 Å². The number of carbonyl (C=O) groups excluding carboxylic acids is 1. The van der Waals surface area contributed by atoms with E-state index in [4.69, 9.17) is 14.4 Å². The second kappa shape index (κ2) is 5.95. The van der Waals surface area contributed by atoms with Gasteiger partial charge in [-0.15, -0.1) is 0 Å². The van der Waals surface area contributed by atoms with Crippen LogP contribution in [0, 0.1) is 6.92 Å². The highest BCUT2D eigenvalue weighted by Gasteiger charge is 2.12. The van der Waals surface area contributed by atoms with Gasteiger partial charge in [-0.3, -0.25) is 4.79 Å². The number of aromatic carboxylic acids is 1. The molecular weight excluding hydrogens is 280 g/mol. The average molecular weight is 292 g/mol. The van der Waals surface area contributed by atoms with E-state index < -0.39 is 11.9 Å². The molecule has 0 atom stereocenters. The fourth-order valence-electron chi connectivity index (χ4n) is 1.51. The summed E-state index contributed by atoms with van der Waals surface area (Å²) in [6.07, 6.45) is 0. The molecule has 0 aliphatic heterocycles. The van der Waals surface area contributed by atoms with Gasteiger partial charge >= 0.3 is 5.97 Å². The van der Waals surface area contributed by atoms with Crippen LogP contribution in [0.2, 0.25) is 0 Å². The molecule has 0 spiro atoms. The van der Waals surface area contributed by atoms with Crippen LogP contribution in [0.25, 0.3) is 0 Å². The number of benzene rings is 1. The molecule has 0 bridgehead atoms. The second-order valence-electron chi connectivity index (χ2n) is 4.15. The summed E-state index contributed by atoms with van der Waals surface area (Å²) in [5.41, 5.74) is -0.0732. The van der Waals surface area contributed by atoms with E-state index in [2.05, 4.69) is 10.5 Å². The lowest BCUT2D eigenvalue weighted by molar-refractivity contribution is -0.118. The van der Waals surface area contributed by atoms with Crippen LogP contribution >= 0.6 is 0 Å². The van der Waals surface area contributed by atoms with E-state index in [1.54, 1.807) is 6.92 Å². The molecule has 0 unspecified atom stereocenters. The van der Waals surface area contributed by atoms with Crippen LogP contribution in [-0.4, -0.2) is 33.9 Å². The molecule has 3 N–H and O–H groups in total. The minimum atomic E-state index is -1.17. The summed E-state index contributed by atoms with van der Waals surface area (Å²) in [6, 6.07) is 5.06. The van der Waals surface area contributed by atoms with Gasteiger partial charge < -0.3 is 24.8 Å². The van der Waals surface area contributed by atoms with Crippen molar-refractivity contribution >= 4 is 17.6 Å². The predicted octanol–water partition coefficient (Wildman–Crippen LogP) is 1.40. The first-order chi connectivity index (χ1) is 9.95. The maximum absolute atomic E-state index is 11.7. The maximum atomic E-state index is 11.7. The molecule has 1 aromatic carbocycles. The van der Waals surface area contributed by atoms with Crippen LogP contribution in [0.3, 0.4) is 0 Å². The third-order valence-electron chi connectivity index (χ3n) is 2.48. The molecule has 1 heterocycles. The Morgan fingerprint density at radius 3 is 2.76 bits per heavy atom. The number of nitrogens with one attached hydrogen (secondary N) is 1. The van der Waals surface area contributed by atoms with Gasteiger partial charge in [0.2, 0.25) is 0 Å². The third kappa shape index (κ3) is 3.72. The summed E-state index contributed by atoms with van der Waals surface area (Å²) < 4.78 is 9.83. The number of ether oxygens (including phenoxy) is 1. The van der Waals surface area contributed by atoms with Crippen molar-refractivity contribution in [1.82, 2.24) is 5.16 Å². The number of phenolic OH excluding ortho intramolecular Hbond substituents is 1. The summed E-state index contributed by atoms with van der Waals surface area (Å²) in [5.74, 6) is -1.29. The molecule has 2 rings (SSSR count). The van der Waals surface area contributed by atoms with E-state index in [-0.39, 0.29) is 29.5 Å². The zero-order chi connectivity index (χ0) is 15.4. The Labute approximate surface area is 118 Å². The highest BCUT2D eigenvalue weighted by molar-refractivity contribution is 5.96. The predicted molar refractivity (Wildman–Crippen MR) is 70.4 cm³/mol.